The Bertz CT molecular complexity index is 471. The van der Waals surface area contributed by atoms with Crippen molar-refractivity contribution in [2.75, 3.05) is 0 Å². The Morgan fingerprint density at radius 1 is 1.47 bits per heavy atom. The monoisotopic (exact) mass is 236 g/mol. The second-order valence-electron chi connectivity index (χ2n) is 5.00. The molecule has 2 N–H and O–H groups in total. The largest absolute Gasteiger partial charge is 0.507 e. The standard InChI is InChI=1S/C13H16O4/c1-7(14)9-4-8-5-12(13(2,3)16)17-11(8)6-10(9)15/h4,6,12,15-16H,5H2,1-3H3. The van der Waals surface area contributed by atoms with E-state index in [0.29, 0.717) is 17.7 Å². The van der Waals surface area contributed by atoms with Gasteiger partial charge in [0.05, 0.1) is 11.2 Å². The van der Waals surface area contributed by atoms with Gasteiger partial charge in [0.2, 0.25) is 0 Å². The molecule has 0 spiro atoms. The molecule has 4 nitrogen and oxygen atoms in total. The van der Waals surface area contributed by atoms with Crippen molar-refractivity contribution in [1.82, 2.24) is 0 Å². The molecule has 1 atom stereocenters. The summed E-state index contributed by atoms with van der Waals surface area (Å²) in [4.78, 5) is 11.3. The summed E-state index contributed by atoms with van der Waals surface area (Å²) in [6, 6.07) is 3.08. The average Bonchev–Trinajstić information content (AvgIpc) is 2.58. The van der Waals surface area contributed by atoms with E-state index in [2.05, 4.69) is 0 Å². The molecule has 2 rings (SSSR count). The Morgan fingerprint density at radius 2 is 2.12 bits per heavy atom. The third kappa shape index (κ3) is 2.13. The molecular formula is C13H16O4. The van der Waals surface area contributed by atoms with Crippen molar-refractivity contribution >= 4 is 5.78 Å². The van der Waals surface area contributed by atoms with Crippen LogP contribution in [0.15, 0.2) is 12.1 Å². The Hall–Kier alpha value is -1.55. The lowest BCUT2D eigenvalue weighted by Gasteiger charge is -2.24. The van der Waals surface area contributed by atoms with Gasteiger partial charge in [-0.05, 0) is 32.4 Å². The molecule has 0 aromatic heterocycles. The van der Waals surface area contributed by atoms with Gasteiger partial charge < -0.3 is 14.9 Å². The summed E-state index contributed by atoms with van der Waals surface area (Å²) in [5, 5.41) is 19.6. The highest BCUT2D eigenvalue weighted by Crippen LogP contribution is 2.37. The van der Waals surface area contributed by atoms with Gasteiger partial charge in [0.25, 0.3) is 0 Å². The van der Waals surface area contributed by atoms with Crippen LogP contribution in [0.2, 0.25) is 0 Å². The number of phenolic OH excluding ortho intramolecular Hbond substituents is 1. The smallest absolute Gasteiger partial charge is 0.163 e. The highest BCUT2D eigenvalue weighted by Gasteiger charge is 2.35. The van der Waals surface area contributed by atoms with E-state index in [1.165, 1.54) is 13.0 Å². The zero-order chi connectivity index (χ0) is 12.8. The lowest BCUT2D eigenvalue weighted by atomic mass is 9.96. The van der Waals surface area contributed by atoms with E-state index in [1.807, 2.05) is 0 Å². The number of carbonyl (C=O) groups is 1. The predicted molar refractivity (Wildman–Crippen MR) is 62.5 cm³/mol. The van der Waals surface area contributed by atoms with Crippen molar-refractivity contribution in [1.29, 1.82) is 0 Å². The highest BCUT2D eigenvalue weighted by molar-refractivity contribution is 5.97. The zero-order valence-electron chi connectivity index (χ0n) is 10.2. The van der Waals surface area contributed by atoms with Crippen LogP contribution in [0.1, 0.15) is 36.7 Å². The fourth-order valence-electron chi connectivity index (χ4n) is 1.95. The summed E-state index contributed by atoms with van der Waals surface area (Å²) in [5.41, 5.74) is 0.189. The molecule has 1 aromatic rings. The number of rotatable bonds is 2. The fraction of sp³-hybridized carbons (Fsp3) is 0.462. The minimum atomic E-state index is -0.953. The van der Waals surface area contributed by atoms with E-state index < -0.39 is 5.60 Å². The third-order valence-electron chi connectivity index (χ3n) is 3.02. The SMILES string of the molecule is CC(=O)c1cc2c(cc1O)OC(C(C)(C)O)C2. The van der Waals surface area contributed by atoms with Crippen LogP contribution < -0.4 is 4.74 Å². The van der Waals surface area contributed by atoms with E-state index in [4.69, 9.17) is 4.74 Å². The zero-order valence-corrected chi connectivity index (χ0v) is 10.2. The number of ether oxygens (including phenoxy) is 1. The van der Waals surface area contributed by atoms with E-state index in [9.17, 15) is 15.0 Å². The molecule has 4 heteroatoms. The molecule has 0 aliphatic carbocycles. The maximum absolute atomic E-state index is 11.3. The Kier molecular flexibility index (Phi) is 2.62. The van der Waals surface area contributed by atoms with Crippen molar-refractivity contribution in [2.45, 2.75) is 38.9 Å². The number of fused-ring (bicyclic) bond motifs is 1. The van der Waals surface area contributed by atoms with Crippen molar-refractivity contribution in [3.05, 3.63) is 23.3 Å². The summed E-state index contributed by atoms with van der Waals surface area (Å²) in [6.45, 7) is 4.76. The molecule has 1 aliphatic heterocycles. The van der Waals surface area contributed by atoms with Crippen LogP contribution in [0.25, 0.3) is 0 Å². The van der Waals surface area contributed by atoms with Crippen molar-refractivity contribution < 1.29 is 19.7 Å². The number of aliphatic hydroxyl groups is 1. The van der Waals surface area contributed by atoms with Gasteiger partial charge in [-0.1, -0.05) is 0 Å². The number of carbonyl (C=O) groups excluding carboxylic acids is 1. The van der Waals surface area contributed by atoms with Gasteiger partial charge in [0, 0.05) is 12.5 Å². The number of benzene rings is 1. The molecule has 0 amide bonds. The van der Waals surface area contributed by atoms with E-state index in [1.54, 1.807) is 19.9 Å². The van der Waals surface area contributed by atoms with Crippen LogP contribution in [-0.4, -0.2) is 27.7 Å². The molecule has 17 heavy (non-hydrogen) atoms. The van der Waals surface area contributed by atoms with Crippen LogP contribution in [-0.2, 0) is 6.42 Å². The van der Waals surface area contributed by atoms with E-state index >= 15 is 0 Å². The molecule has 1 unspecified atom stereocenters. The maximum Gasteiger partial charge on any atom is 0.163 e. The molecule has 0 saturated carbocycles. The molecule has 0 bridgehead atoms. The number of aromatic hydroxyl groups is 1. The number of ketones is 1. The van der Waals surface area contributed by atoms with E-state index in [0.717, 1.165) is 5.56 Å². The topological polar surface area (TPSA) is 66.8 Å². The van der Waals surface area contributed by atoms with Crippen molar-refractivity contribution in [2.24, 2.45) is 0 Å². The first-order chi connectivity index (χ1) is 7.79. The van der Waals surface area contributed by atoms with Gasteiger partial charge in [-0.2, -0.15) is 0 Å². The van der Waals surface area contributed by atoms with Crippen molar-refractivity contribution in [3.8, 4) is 11.5 Å². The Labute approximate surface area is 99.8 Å². The maximum atomic E-state index is 11.3. The molecule has 92 valence electrons. The lowest BCUT2D eigenvalue weighted by molar-refractivity contribution is -0.0230. The minimum absolute atomic E-state index is 0.0763. The normalized spacial score (nSPS) is 18.7. The fourth-order valence-corrected chi connectivity index (χ4v) is 1.95. The number of hydrogen-bond acceptors (Lipinski definition) is 4. The minimum Gasteiger partial charge on any atom is -0.507 e. The summed E-state index contributed by atoms with van der Waals surface area (Å²) in [7, 11) is 0. The molecule has 1 heterocycles. The quantitative estimate of drug-likeness (QED) is 0.766. The van der Waals surface area contributed by atoms with Crippen LogP contribution in [0.3, 0.4) is 0 Å². The molecular weight excluding hydrogens is 220 g/mol. The first-order valence-corrected chi connectivity index (χ1v) is 5.55. The second kappa shape index (κ2) is 3.74. The highest BCUT2D eigenvalue weighted by atomic mass is 16.5. The molecule has 0 fully saturated rings. The van der Waals surface area contributed by atoms with Gasteiger partial charge in [-0.15, -0.1) is 0 Å². The predicted octanol–water partition coefficient (Wildman–Crippen LogP) is 1.67. The van der Waals surface area contributed by atoms with Gasteiger partial charge >= 0.3 is 0 Å². The van der Waals surface area contributed by atoms with Crippen molar-refractivity contribution in [3.63, 3.8) is 0 Å². The summed E-state index contributed by atoms with van der Waals surface area (Å²) in [6.07, 6.45) is 0.193. The van der Waals surface area contributed by atoms with Gasteiger partial charge in [-0.3, -0.25) is 4.79 Å². The summed E-state index contributed by atoms with van der Waals surface area (Å²) < 4.78 is 5.57. The van der Waals surface area contributed by atoms with Gasteiger partial charge in [0.15, 0.2) is 5.78 Å². The number of hydrogen-bond donors (Lipinski definition) is 2. The second-order valence-corrected chi connectivity index (χ2v) is 5.00. The molecule has 1 aliphatic rings. The molecule has 0 saturated heterocycles. The Morgan fingerprint density at radius 3 is 2.65 bits per heavy atom. The van der Waals surface area contributed by atoms with Crippen LogP contribution in [0.4, 0.5) is 0 Å². The molecule has 1 aromatic carbocycles. The van der Waals surface area contributed by atoms with Crippen LogP contribution in [0, 0.1) is 0 Å². The third-order valence-corrected chi connectivity index (χ3v) is 3.02. The van der Waals surface area contributed by atoms with Gasteiger partial charge in [0.1, 0.15) is 17.6 Å². The summed E-state index contributed by atoms with van der Waals surface area (Å²) in [5.74, 6) is 0.282. The van der Waals surface area contributed by atoms with E-state index in [-0.39, 0.29) is 17.6 Å². The average molecular weight is 236 g/mol. The first-order valence-electron chi connectivity index (χ1n) is 5.55. The molecule has 0 radical (unpaired) electrons. The first kappa shape index (κ1) is 11.9. The van der Waals surface area contributed by atoms with Gasteiger partial charge in [-0.25, -0.2) is 0 Å². The van der Waals surface area contributed by atoms with Crippen LogP contribution >= 0.6 is 0 Å². The number of Topliss-reactive ketones (excluding diaryl/α,β-unsaturated/α-hetero) is 1. The van der Waals surface area contributed by atoms with Crippen LogP contribution in [0.5, 0.6) is 11.5 Å². The Balaban J connectivity index is 2.37. The number of phenols is 1. The summed E-state index contributed by atoms with van der Waals surface area (Å²) >= 11 is 0. The lowest BCUT2D eigenvalue weighted by Crippen LogP contribution is -2.39.